The average Bonchev–Trinajstić information content (AvgIpc) is 2.08. The highest BCUT2D eigenvalue weighted by molar-refractivity contribution is 6.68. The summed E-state index contributed by atoms with van der Waals surface area (Å²) in [6, 6.07) is 6.75. The van der Waals surface area contributed by atoms with E-state index in [1.807, 2.05) is 6.07 Å². The van der Waals surface area contributed by atoms with Crippen LogP contribution in [0.1, 0.15) is 15.9 Å². The summed E-state index contributed by atoms with van der Waals surface area (Å²) < 4.78 is 0. The Kier molecular flexibility index (Phi) is 3.30. The minimum atomic E-state index is -0.607. The van der Waals surface area contributed by atoms with E-state index in [2.05, 4.69) is 0 Å². The fourth-order valence-electron chi connectivity index (χ4n) is 0.924. The zero-order valence-corrected chi connectivity index (χ0v) is 8.06. The van der Waals surface area contributed by atoms with Crippen LogP contribution >= 0.6 is 23.2 Å². The Morgan fingerprint density at radius 1 is 1.54 bits per heavy atom. The quantitative estimate of drug-likeness (QED) is 0.710. The van der Waals surface area contributed by atoms with Crippen molar-refractivity contribution in [2.24, 2.45) is 0 Å². The van der Waals surface area contributed by atoms with E-state index >= 15 is 0 Å². The van der Waals surface area contributed by atoms with Gasteiger partial charge in [-0.1, -0.05) is 17.7 Å². The molecule has 1 rings (SSSR count). The van der Waals surface area contributed by atoms with Gasteiger partial charge in [-0.25, -0.2) is 0 Å². The molecule has 13 heavy (non-hydrogen) atoms. The molecule has 0 radical (unpaired) electrons. The lowest BCUT2D eigenvalue weighted by atomic mass is 10.1. The molecular formula is C9H5Cl2NO. The van der Waals surface area contributed by atoms with Gasteiger partial charge in [-0.3, -0.25) is 4.79 Å². The van der Waals surface area contributed by atoms with Crippen LogP contribution in [0.25, 0.3) is 0 Å². The van der Waals surface area contributed by atoms with E-state index in [4.69, 9.17) is 28.5 Å². The second kappa shape index (κ2) is 4.27. The monoisotopic (exact) mass is 213 g/mol. The molecule has 0 spiro atoms. The maximum Gasteiger partial charge on any atom is 0.253 e. The van der Waals surface area contributed by atoms with E-state index in [0.29, 0.717) is 5.02 Å². The molecular weight excluding hydrogens is 209 g/mol. The molecule has 0 aromatic heterocycles. The van der Waals surface area contributed by atoms with Gasteiger partial charge >= 0.3 is 0 Å². The van der Waals surface area contributed by atoms with Crippen molar-refractivity contribution < 1.29 is 4.79 Å². The number of carbonyl (C=O) groups excluding carboxylic acids is 1. The first-order valence-corrected chi connectivity index (χ1v) is 4.26. The second-order valence-corrected chi connectivity index (χ2v) is 3.17. The van der Waals surface area contributed by atoms with Crippen molar-refractivity contribution in [3.63, 3.8) is 0 Å². The molecule has 0 saturated heterocycles. The Morgan fingerprint density at radius 3 is 2.77 bits per heavy atom. The number of rotatable bonds is 2. The Hall–Kier alpha value is -1.04. The first-order valence-electron chi connectivity index (χ1n) is 3.50. The van der Waals surface area contributed by atoms with Gasteiger partial charge in [0.05, 0.1) is 23.1 Å². The smallest absolute Gasteiger partial charge is 0.253 e. The third kappa shape index (κ3) is 2.45. The molecule has 1 aromatic rings. The van der Waals surface area contributed by atoms with Gasteiger partial charge in [0.2, 0.25) is 0 Å². The molecule has 4 heteroatoms. The Morgan fingerprint density at radius 2 is 2.23 bits per heavy atom. The van der Waals surface area contributed by atoms with E-state index in [9.17, 15) is 4.79 Å². The van der Waals surface area contributed by atoms with Gasteiger partial charge in [0.1, 0.15) is 0 Å². The molecule has 0 N–H and O–H groups in total. The maximum atomic E-state index is 10.8. The zero-order valence-electron chi connectivity index (χ0n) is 6.55. The van der Waals surface area contributed by atoms with E-state index in [0.717, 1.165) is 5.56 Å². The van der Waals surface area contributed by atoms with Gasteiger partial charge < -0.3 is 0 Å². The van der Waals surface area contributed by atoms with E-state index < -0.39 is 5.24 Å². The number of hydrogen-bond donors (Lipinski definition) is 0. The van der Waals surface area contributed by atoms with Crippen molar-refractivity contribution in [1.29, 1.82) is 5.26 Å². The van der Waals surface area contributed by atoms with Crippen LogP contribution < -0.4 is 0 Å². The SMILES string of the molecule is N#CCc1ccc(Cl)c(C(=O)Cl)c1. The number of carbonyl (C=O) groups is 1. The van der Waals surface area contributed by atoms with Gasteiger partial charge in [0.15, 0.2) is 0 Å². The van der Waals surface area contributed by atoms with Crippen LogP contribution in [0.2, 0.25) is 5.02 Å². The fraction of sp³-hybridized carbons (Fsp3) is 0.111. The Labute approximate surface area is 85.7 Å². The molecule has 0 aliphatic heterocycles. The lowest BCUT2D eigenvalue weighted by Gasteiger charge is -2.00. The summed E-state index contributed by atoms with van der Waals surface area (Å²) in [5.41, 5.74) is 0.979. The summed E-state index contributed by atoms with van der Waals surface area (Å²) in [5.74, 6) is 0. The first-order chi connectivity index (χ1) is 6.15. The molecule has 0 heterocycles. The highest BCUT2D eigenvalue weighted by Crippen LogP contribution is 2.19. The number of halogens is 2. The average molecular weight is 214 g/mol. The lowest BCUT2D eigenvalue weighted by molar-refractivity contribution is 0.108. The fourth-order valence-corrected chi connectivity index (χ4v) is 1.33. The van der Waals surface area contributed by atoms with E-state index in [-0.39, 0.29) is 12.0 Å². The van der Waals surface area contributed by atoms with Crippen LogP contribution in [0, 0.1) is 11.3 Å². The molecule has 0 unspecified atom stereocenters. The van der Waals surface area contributed by atoms with E-state index in [1.54, 1.807) is 12.1 Å². The zero-order chi connectivity index (χ0) is 9.84. The second-order valence-electron chi connectivity index (χ2n) is 2.42. The normalized spacial score (nSPS) is 9.31. The van der Waals surface area contributed by atoms with Gasteiger partial charge in [0.25, 0.3) is 5.24 Å². The summed E-state index contributed by atoms with van der Waals surface area (Å²) in [6.07, 6.45) is 0.244. The molecule has 1 aromatic carbocycles. The van der Waals surface area contributed by atoms with Gasteiger partial charge in [-0.05, 0) is 29.3 Å². The molecule has 66 valence electrons. The van der Waals surface area contributed by atoms with Crippen molar-refractivity contribution in [1.82, 2.24) is 0 Å². The Bertz CT molecular complexity index is 382. The van der Waals surface area contributed by atoms with Crippen LogP contribution in [0.3, 0.4) is 0 Å². The largest absolute Gasteiger partial charge is 0.276 e. The van der Waals surface area contributed by atoms with Crippen molar-refractivity contribution in [2.75, 3.05) is 0 Å². The van der Waals surface area contributed by atoms with Crippen LogP contribution in [0.15, 0.2) is 18.2 Å². The first kappa shape index (κ1) is 10.0. The predicted octanol–water partition coefficient (Wildman–Crippen LogP) is 2.79. The van der Waals surface area contributed by atoms with Crippen LogP contribution in [-0.2, 0) is 6.42 Å². The molecule has 0 atom stereocenters. The summed E-state index contributed by atoms with van der Waals surface area (Å²) in [7, 11) is 0. The van der Waals surface area contributed by atoms with Gasteiger partial charge in [-0.15, -0.1) is 0 Å². The van der Waals surface area contributed by atoms with E-state index in [1.165, 1.54) is 6.07 Å². The molecule has 0 saturated carbocycles. The number of nitrogens with zero attached hydrogens (tertiary/aromatic N) is 1. The summed E-state index contributed by atoms with van der Waals surface area (Å²) in [6.45, 7) is 0. The van der Waals surface area contributed by atoms with Gasteiger partial charge in [0, 0.05) is 0 Å². The summed E-state index contributed by atoms with van der Waals surface area (Å²) in [5, 5.41) is 8.12. The number of nitriles is 1. The third-order valence-corrected chi connectivity index (χ3v) is 2.06. The number of benzene rings is 1. The summed E-state index contributed by atoms with van der Waals surface area (Å²) in [4.78, 5) is 10.8. The summed E-state index contributed by atoms with van der Waals surface area (Å²) >= 11 is 11.0. The van der Waals surface area contributed by atoms with Crippen molar-refractivity contribution in [2.45, 2.75) is 6.42 Å². The highest BCUT2D eigenvalue weighted by Gasteiger charge is 2.07. The van der Waals surface area contributed by atoms with Gasteiger partial charge in [-0.2, -0.15) is 5.26 Å². The van der Waals surface area contributed by atoms with Crippen molar-refractivity contribution >= 4 is 28.4 Å². The maximum absolute atomic E-state index is 10.8. The lowest BCUT2D eigenvalue weighted by Crippen LogP contribution is -1.92. The number of hydrogen-bond acceptors (Lipinski definition) is 2. The minimum Gasteiger partial charge on any atom is -0.276 e. The van der Waals surface area contributed by atoms with Crippen molar-refractivity contribution in [3.05, 3.63) is 34.3 Å². The van der Waals surface area contributed by atoms with Crippen LogP contribution in [0.5, 0.6) is 0 Å². The molecule has 0 fully saturated rings. The topological polar surface area (TPSA) is 40.9 Å². The molecule has 0 aliphatic rings. The predicted molar refractivity (Wildman–Crippen MR) is 51.0 cm³/mol. The van der Waals surface area contributed by atoms with Crippen LogP contribution in [0.4, 0.5) is 0 Å². The van der Waals surface area contributed by atoms with Crippen molar-refractivity contribution in [3.8, 4) is 6.07 Å². The molecule has 2 nitrogen and oxygen atoms in total. The molecule has 0 amide bonds. The molecule has 0 bridgehead atoms. The third-order valence-electron chi connectivity index (χ3n) is 1.53. The highest BCUT2D eigenvalue weighted by atomic mass is 35.5. The standard InChI is InChI=1S/C9H5Cl2NO/c10-8-2-1-6(3-4-12)5-7(8)9(11)13/h1-2,5H,3H2. The van der Waals surface area contributed by atoms with Crippen LogP contribution in [-0.4, -0.2) is 5.24 Å². The molecule has 0 aliphatic carbocycles. The minimum absolute atomic E-state index is 0.244. The Balaban J connectivity index is 3.13.